The first kappa shape index (κ1) is 15.4. The Balaban J connectivity index is 1.75. The van der Waals surface area contributed by atoms with E-state index < -0.39 is 0 Å². The average molecular weight is 341 g/mol. The van der Waals surface area contributed by atoms with Gasteiger partial charge in [0.1, 0.15) is 0 Å². The summed E-state index contributed by atoms with van der Waals surface area (Å²) in [4.78, 5) is 10.6. The molecular weight excluding hydrogens is 320 g/mol. The number of hydrogen-bond acceptors (Lipinski definition) is 3. The number of halogens is 1. The normalized spacial score (nSPS) is 15.7. The van der Waals surface area contributed by atoms with Gasteiger partial charge in [0.25, 0.3) is 5.69 Å². The molecule has 0 saturated heterocycles. The molecule has 1 aliphatic rings. The van der Waals surface area contributed by atoms with Crippen LogP contribution in [-0.2, 0) is 6.54 Å². The standard InChI is InChI=1S/C15H21BrN2O2/c16-14-7-8-15(18(19)20)13(10-14)11-17-9-3-6-12-4-1-2-5-12/h7-8,10,12,17H,1-6,9,11H2. The Kier molecular flexibility index (Phi) is 5.98. The Morgan fingerprint density at radius 1 is 1.35 bits per heavy atom. The summed E-state index contributed by atoms with van der Waals surface area (Å²) in [6.45, 7) is 1.49. The molecule has 0 heterocycles. The van der Waals surface area contributed by atoms with Crippen LogP contribution in [0.25, 0.3) is 0 Å². The first-order valence-electron chi connectivity index (χ1n) is 7.30. The molecule has 0 unspecified atom stereocenters. The van der Waals surface area contributed by atoms with Gasteiger partial charge in [-0.15, -0.1) is 0 Å². The molecule has 110 valence electrons. The molecule has 0 spiro atoms. The third kappa shape index (κ3) is 4.56. The van der Waals surface area contributed by atoms with Crippen molar-refractivity contribution >= 4 is 21.6 Å². The molecule has 1 fully saturated rings. The Morgan fingerprint density at radius 2 is 2.10 bits per heavy atom. The van der Waals surface area contributed by atoms with Crippen molar-refractivity contribution in [3.8, 4) is 0 Å². The van der Waals surface area contributed by atoms with Crippen LogP contribution in [0, 0.1) is 16.0 Å². The number of nitro groups is 1. The summed E-state index contributed by atoms with van der Waals surface area (Å²) in [5, 5.41) is 14.3. The third-order valence-corrected chi connectivity index (χ3v) is 4.49. The maximum absolute atomic E-state index is 11.0. The Morgan fingerprint density at radius 3 is 2.80 bits per heavy atom. The van der Waals surface area contributed by atoms with Gasteiger partial charge in [0, 0.05) is 22.6 Å². The molecule has 1 N–H and O–H groups in total. The number of nitro benzene ring substituents is 1. The molecule has 1 aliphatic carbocycles. The highest BCUT2D eigenvalue weighted by Crippen LogP contribution is 2.28. The summed E-state index contributed by atoms with van der Waals surface area (Å²) in [6.07, 6.45) is 8.00. The third-order valence-electron chi connectivity index (χ3n) is 3.99. The smallest absolute Gasteiger partial charge is 0.273 e. The topological polar surface area (TPSA) is 55.2 Å². The Labute approximate surface area is 128 Å². The van der Waals surface area contributed by atoms with Gasteiger partial charge in [-0.25, -0.2) is 0 Å². The van der Waals surface area contributed by atoms with E-state index in [1.807, 2.05) is 6.07 Å². The molecule has 0 aromatic heterocycles. The van der Waals surface area contributed by atoms with Crippen LogP contribution in [0.4, 0.5) is 5.69 Å². The van der Waals surface area contributed by atoms with E-state index in [1.54, 1.807) is 12.1 Å². The molecule has 4 nitrogen and oxygen atoms in total. The van der Waals surface area contributed by atoms with Crippen molar-refractivity contribution in [2.75, 3.05) is 6.54 Å². The van der Waals surface area contributed by atoms with E-state index in [1.165, 1.54) is 32.1 Å². The van der Waals surface area contributed by atoms with E-state index in [0.29, 0.717) is 6.54 Å². The Bertz CT molecular complexity index is 459. The van der Waals surface area contributed by atoms with E-state index in [2.05, 4.69) is 21.2 Å². The van der Waals surface area contributed by atoms with Gasteiger partial charge >= 0.3 is 0 Å². The van der Waals surface area contributed by atoms with Crippen LogP contribution in [0.3, 0.4) is 0 Å². The lowest BCUT2D eigenvalue weighted by atomic mass is 10.0. The van der Waals surface area contributed by atoms with Gasteiger partial charge in [0.2, 0.25) is 0 Å². The average Bonchev–Trinajstić information content (AvgIpc) is 2.91. The lowest BCUT2D eigenvalue weighted by molar-refractivity contribution is -0.385. The van der Waals surface area contributed by atoms with E-state index in [9.17, 15) is 10.1 Å². The van der Waals surface area contributed by atoms with E-state index in [4.69, 9.17) is 0 Å². The minimum absolute atomic E-state index is 0.191. The number of nitrogens with zero attached hydrogens (tertiary/aromatic N) is 1. The largest absolute Gasteiger partial charge is 0.312 e. The number of hydrogen-bond donors (Lipinski definition) is 1. The zero-order valence-electron chi connectivity index (χ0n) is 11.6. The van der Waals surface area contributed by atoms with Crippen LogP contribution in [0.1, 0.15) is 44.1 Å². The van der Waals surface area contributed by atoms with Crippen molar-refractivity contribution in [2.45, 2.75) is 45.1 Å². The predicted octanol–water partition coefficient (Wildman–Crippen LogP) is 4.42. The molecular formula is C15H21BrN2O2. The van der Waals surface area contributed by atoms with Gasteiger partial charge < -0.3 is 5.32 Å². The highest BCUT2D eigenvalue weighted by Gasteiger charge is 2.15. The van der Waals surface area contributed by atoms with E-state index in [-0.39, 0.29) is 10.6 Å². The molecule has 0 radical (unpaired) electrons. The SMILES string of the molecule is O=[N+]([O-])c1ccc(Br)cc1CNCCCC1CCCC1. The molecule has 5 heteroatoms. The molecule has 0 amide bonds. The predicted molar refractivity (Wildman–Crippen MR) is 83.7 cm³/mol. The molecule has 0 atom stereocenters. The van der Waals surface area contributed by atoms with Gasteiger partial charge in [-0.05, 0) is 37.4 Å². The quantitative estimate of drug-likeness (QED) is 0.454. The molecule has 2 rings (SSSR count). The minimum atomic E-state index is -0.317. The Hall–Kier alpha value is -0.940. The van der Waals surface area contributed by atoms with E-state index in [0.717, 1.165) is 28.9 Å². The number of nitrogens with one attached hydrogen (secondary N) is 1. The first-order valence-corrected chi connectivity index (χ1v) is 8.09. The maximum atomic E-state index is 11.0. The summed E-state index contributed by atoms with van der Waals surface area (Å²) < 4.78 is 0.880. The van der Waals surface area contributed by atoms with Gasteiger partial charge in [0.05, 0.1) is 4.92 Å². The van der Waals surface area contributed by atoms with Crippen LogP contribution >= 0.6 is 15.9 Å². The minimum Gasteiger partial charge on any atom is -0.312 e. The summed E-state index contributed by atoms with van der Waals surface area (Å²) in [5.41, 5.74) is 0.932. The zero-order valence-corrected chi connectivity index (χ0v) is 13.2. The van der Waals surface area contributed by atoms with Crippen molar-refractivity contribution < 1.29 is 4.92 Å². The van der Waals surface area contributed by atoms with Gasteiger partial charge in [-0.2, -0.15) is 0 Å². The first-order chi connectivity index (χ1) is 9.66. The second-order valence-electron chi connectivity index (χ2n) is 5.50. The molecule has 1 aromatic rings. The van der Waals surface area contributed by atoms with Crippen molar-refractivity contribution in [3.63, 3.8) is 0 Å². The molecule has 0 bridgehead atoms. The second-order valence-corrected chi connectivity index (χ2v) is 6.42. The molecule has 1 saturated carbocycles. The summed E-state index contributed by atoms with van der Waals surface area (Å²) in [6, 6.07) is 5.09. The fourth-order valence-corrected chi connectivity index (χ4v) is 3.32. The van der Waals surface area contributed by atoms with Crippen molar-refractivity contribution in [3.05, 3.63) is 38.3 Å². The van der Waals surface area contributed by atoms with E-state index >= 15 is 0 Å². The number of rotatable bonds is 7. The maximum Gasteiger partial charge on any atom is 0.273 e. The summed E-state index contributed by atoms with van der Waals surface area (Å²) in [5.74, 6) is 0.914. The fourth-order valence-electron chi connectivity index (χ4n) is 2.91. The molecule has 1 aromatic carbocycles. The molecule has 20 heavy (non-hydrogen) atoms. The zero-order chi connectivity index (χ0) is 14.4. The van der Waals surface area contributed by atoms with Crippen LogP contribution in [0.15, 0.2) is 22.7 Å². The van der Waals surface area contributed by atoms with Gasteiger partial charge in [-0.1, -0.05) is 41.6 Å². The monoisotopic (exact) mass is 340 g/mol. The lowest BCUT2D eigenvalue weighted by Crippen LogP contribution is -2.16. The van der Waals surface area contributed by atoms with Crippen LogP contribution in [-0.4, -0.2) is 11.5 Å². The second kappa shape index (κ2) is 7.74. The van der Waals surface area contributed by atoms with Crippen molar-refractivity contribution in [2.24, 2.45) is 5.92 Å². The van der Waals surface area contributed by atoms with Crippen molar-refractivity contribution in [1.82, 2.24) is 5.32 Å². The highest BCUT2D eigenvalue weighted by molar-refractivity contribution is 9.10. The van der Waals surface area contributed by atoms with Crippen molar-refractivity contribution in [1.29, 1.82) is 0 Å². The summed E-state index contributed by atoms with van der Waals surface area (Å²) >= 11 is 3.36. The number of benzene rings is 1. The fraction of sp³-hybridized carbons (Fsp3) is 0.600. The highest BCUT2D eigenvalue weighted by atomic mass is 79.9. The van der Waals surface area contributed by atoms with Crippen LogP contribution in [0.2, 0.25) is 0 Å². The van der Waals surface area contributed by atoms with Crippen LogP contribution in [0.5, 0.6) is 0 Å². The van der Waals surface area contributed by atoms with Gasteiger partial charge in [-0.3, -0.25) is 10.1 Å². The lowest BCUT2D eigenvalue weighted by Gasteiger charge is -2.09. The summed E-state index contributed by atoms with van der Waals surface area (Å²) in [7, 11) is 0. The molecule has 0 aliphatic heterocycles. The van der Waals surface area contributed by atoms with Crippen LogP contribution < -0.4 is 5.32 Å². The van der Waals surface area contributed by atoms with Gasteiger partial charge in [0.15, 0.2) is 0 Å².